The molecule has 10 heteroatoms. The van der Waals surface area contributed by atoms with E-state index < -0.39 is 29.2 Å². The van der Waals surface area contributed by atoms with Crippen LogP contribution in [0.15, 0.2) is 48.7 Å². The minimum Gasteiger partial charge on any atom is -0.462 e. The van der Waals surface area contributed by atoms with Crippen LogP contribution in [-0.2, 0) is 10.9 Å². The number of benzene rings is 2. The number of hydrogen-bond acceptors (Lipinski definition) is 5. The van der Waals surface area contributed by atoms with E-state index in [-0.39, 0.29) is 23.8 Å². The van der Waals surface area contributed by atoms with Crippen LogP contribution in [0.1, 0.15) is 49.9 Å². The second kappa shape index (κ2) is 9.44. The van der Waals surface area contributed by atoms with Gasteiger partial charge in [0.2, 0.25) is 0 Å². The van der Waals surface area contributed by atoms with Crippen LogP contribution < -0.4 is 5.32 Å². The van der Waals surface area contributed by atoms with Crippen LogP contribution in [0.3, 0.4) is 0 Å². The normalized spacial score (nSPS) is 11.5. The molecule has 4 rings (SSSR count). The Morgan fingerprint density at radius 3 is 2.44 bits per heavy atom. The predicted molar refractivity (Wildman–Crippen MR) is 128 cm³/mol. The van der Waals surface area contributed by atoms with Gasteiger partial charge in [0.15, 0.2) is 11.6 Å². The summed E-state index contributed by atoms with van der Waals surface area (Å²) >= 11 is 0. The topological polar surface area (TPSA) is 86.1 Å². The van der Waals surface area contributed by atoms with Crippen molar-refractivity contribution in [3.63, 3.8) is 0 Å². The molecule has 2 aromatic carbocycles. The first-order valence-corrected chi connectivity index (χ1v) is 11.1. The van der Waals surface area contributed by atoms with Gasteiger partial charge in [0, 0.05) is 5.39 Å². The minimum absolute atomic E-state index is 0.0557. The molecule has 36 heavy (non-hydrogen) atoms. The number of nitrogens with zero attached hydrogens (tertiary/aromatic N) is 3. The van der Waals surface area contributed by atoms with Crippen molar-refractivity contribution in [2.45, 2.75) is 33.9 Å². The quantitative estimate of drug-likeness (QED) is 0.353. The highest BCUT2D eigenvalue weighted by molar-refractivity contribution is 6.08. The van der Waals surface area contributed by atoms with Gasteiger partial charge in [0.25, 0.3) is 5.91 Å². The van der Waals surface area contributed by atoms with Crippen molar-refractivity contribution in [2.75, 3.05) is 11.9 Å². The zero-order valence-corrected chi connectivity index (χ0v) is 20.0. The number of aryl methyl sites for hydroxylation is 3. The summed E-state index contributed by atoms with van der Waals surface area (Å²) in [7, 11) is 0. The summed E-state index contributed by atoms with van der Waals surface area (Å²) in [5, 5.41) is 7.59. The average molecular weight is 496 g/mol. The molecule has 186 valence electrons. The number of anilines is 1. The number of aromatic nitrogens is 3. The Balaban J connectivity index is 1.86. The Labute approximate surface area is 204 Å². The lowest BCUT2D eigenvalue weighted by molar-refractivity contribution is -0.137. The van der Waals surface area contributed by atoms with Crippen LogP contribution in [0.25, 0.3) is 16.7 Å². The highest BCUT2D eigenvalue weighted by Gasteiger charge is 2.35. The molecule has 0 radical (unpaired) electrons. The van der Waals surface area contributed by atoms with Gasteiger partial charge in [0.1, 0.15) is 5.56 Å². The highest BCUT2D eigenvalue weighted by atomic mass is 19.4. The molecule has 0 atom stereocenters. The van der Waals surface area contributed by atoms with Crippen LogP contribution >= 0.6 is 0 Å². The van der Waals surface area contributed by atoms with E-state index in [0.29, 0.717) is 5.52 Å². The van der Waals surface area contributed by atoms with Gasteiger partial charge >= 0.3 is 12.1 Å². The molecule has 0 aliphatic heterocycles. The number of halogens is 3. The molecule has 0 bridgehead atoms. The first kappa shape index (κ1) is 24.9. The lowest BCUT2D eigenvalue weighted by Crippen LogP contribution is -2.22. The maximum absolute atomic E-state index is 13.5. The second-order valence-corrected chi connectivity index (χ2v) is 8.31. The van der Waals surface area contributed by atoms with E-state index in [2.05, 4.69) is 15.4 Å². The second-order valence-electron chi connectivity index (χ2n) is 8.31. The summed E-state index contributed by atoms with van der Waals surface area (Å²) in [4.78, 5) is 30.3. The van der Waals surface area contributed by atoms with Gasteiger partial charge in [-0.2, -0.15) is 23.0 Å². The first-order valence-electron chi connectivity index (χ1n) is 11.1. The Bertz CT molecular complexity index is 1490. The summed E-state index contributed by atoms with van der Waals surface area (Å²) < 4.78 is 46.8. The van der Waals surface area contributed by atoms with Crippen LogP contribution in [-0.4, -0.2) is 33.2 Å². The van der Waals surface area contributed by atoms with Crippen molar-refractivity contribution in [1.82, 2.24) is 14.8 Å². The minimum atomic E-state index is -4.75. The molecular formula is C26H23F3N4O3. The number of fused-ring (bicyclic) bond motifs is 1. The molecule has 0 spiro atoms. The number of alkyl halides is 3. The smallest absolute Gasteiger partial charge is 0.417 e. The fourth-order valence-electron chi connectivity index (χ4n) is 4.04. The van der Waals surface area contributed by atoms with Crippen molar-refractivity contribution in [3.8, 4) is 5.82 Å². The molecule has 2 heterocycles. The number of ether oxygens (including phenoxy) is 1. The number of nitrogens with one attached hydrogen (secondary N) is 1. The Morgan fingerprint density at radius 2 is 1.75 bits per heavy atom. The first-order chi connectivity index (χ1) is 17.0. The standard InChI is InChI=1S/C26H23F3N4O3/c1-5-36-25(35)19-13-30-33(21-12-15(3)18-11-14(2)10-16(4)22(18)31-21)23(19)32-24(34)17-8-6-7-9-20(17)26(27,28)29/h6-13H,5H2,1-4H3,(H,32,34). The molecular weight excluding hydrogens is 473 g/mol. The molecule has 7 nitrogen and oxygen atoms in total. The van der Waals surface area contributed by atoms with Crippen molar-refractivity contribution in [2.24, 2.45) is 0 Å². The summed E-state index contributed by atoms with van der Waals surface area (Å²) in [5.74, 6) is -1.71. The van der Waals surface area contributed by atoms with Crippen LogP contribution in [0.2, 0.25) is 0 Å². The molecule has 0 fully saturated rings. The van der Waals surface area contributed by atoms with Crippen molar-refractivity contribution in [3.05, 3.63) is 82.0 Å². The lowest BCUT2D eigenvalue weighted by Gasteiger charge is -2.15. The zero-order valence-electron chi connectivity index (χ0n) is 20.0. The van der Waals surface area contributed by atoms with Crippen LogP contribution in [0, 0.1) is 20.8 Å². The monoisotopic (exact) mass is 496 g/mol. The molecule has 0 saturated heterocycles. The van der Waals surface area contributed by atoms with Gasteiger partial charge in [-0.15, -0.1) is 0 Å². The van der Waals surface area contributed by atoms with Crippen LogP contribution in [0.4, 0.5) is 19.0 Å². The number of esters is 1. The van der Waals surface area contributed by atoms with E-state index in [0.717, 1.165) is 34.2 Å². The summed E-state index contributed by atoms with van der Waals surface area (Å²) in [6.45, 7) is 7.44. The van der Waals surface area contributed by atoms with Crippen LogP contribution in [0.5, 0.6) is 0 Å². The van der Waals surface area contributed by atoms with E-state index in [9.17, 15) is 22.8 Å². The summed E-state index contributed by atoms with van der Waals surface area (Å²) in [6.07, 6.45) is -3.56. The maximum Gasteiger partial charge on any atom is 0.417 e. The SMILES string of the molecule is CCOC(=O)c1cnn(-c2cc(C)c3cc(C)cc(C)c3n2)c1NC(=O)c1ccccc1C(F)(F)F. The zero-order chi connectivity index (χ0) is 26.2. The molecule has 0 saturated carbocycles. The Hall–Kier alpha value is -4.21. The van der Waals surface area contributed by atoms with Gasteiger partial charge < -0.3 is 10.1 Å². The summed E-state index contributed by atoms with van der Waals surface area (Å²) in [5.41, 5.74) is 1.74. The molecule has 4 aromatic rings. The lowest BCUT2D eigenvalue weighted by atomic mass is 10.0. The van der Waals surface area contributed by atoms with E-state index in [4.69, 9.17) is 4.74 Å². The van der Waals surface area contributed by atoms with Gasteiger partial charge in [-0.05, 0) is 63.1 Å². The van der Waals surface area contributed by atoms with Crippen molar-refractivity contribution in [1.29, 1.82) is 0 Å². The molecule has 1 N–H and O–H groups in total. The van der Waals surface area contributed by atoms with E-state index in [1.165, 1.54) is 23.0 Å². The van der Waals surface area contributed by atoms with Crippen molar-refractivity contribution >= 4 is 28.6 Å². The number of amides is 1. The molecule has 2 aromatic heterocycles. The molecule has 0 unspecified atom stereocenters. The van der Waals surface area contributed by atoms with Gasteiger partial charge in [-0.3, -0.25) is 4.79 Å². The third-order valence-electron chi connectivity index (χ3n) is 5.63. The predicted octanol–water partition coefficient (Wildman–Crippen LogP) is 5.79. The number of pyridine rings is 1. The fraction of sp³-hybridized carbons (Fsp3) is 0.231. The number of carbonyl (C=O) groups is 2. The molecule has 0 aliphatic rings. The average Bonchev–Trinajstić information content (AvgIpc) is 3.22. The third-order valence-corrected chi connectivity index (χ3v) is 5.63. The highest BCUT2D eigenvalue weighted by Crippen LogP contribution is 2.33. The van der Waals surface area contributed by atoms with Gasteiger partial charge in [-0.25, -0.2) is 9.78 Å². The fourth-order valence-corrected chi connectivity index (χ4v) is 4.04. The largest absolute Gasteiger partial charge is 0.462 e. The van der Waals surface area contributed by atoms with Gasteiger partial charge in [-0.1, -0.05) is 23.8 Å². The van der Waals surface area contributed by atoms with E-state index in [1.54, 1.807) is 13.0 Å². The maximum atomic E-state index is 13.5. The Morgan fingerprint density at radius 1 is 1.03 bits per heavy atom. The van der Waals surface area contributed by atoms with Gasteiger partial charge in [0.05, 0.1) is 29.4 Å². The molecule has 0 aliphatic carbocycles. The third kappa shape index (κ3) is 4.66. The van der Waals surface area contributed by atoms with E-state index in [1.807, 2.05) is 32.9 Å². The Kier molecular flexibility index (Phi) is 6.53. The van der Waals surface area contributed by atoms with E-state index >= 15 is 0 Å². The van der Waals surface area contributed by atoms with Crippen molar-refractivity contribution < 1.29 is 27.5 Å². The number of hydrogen-bond donors (Lipinski definition) is 1. The number of rotatable bonds is 5. The summed E-state index contributed by atoms with van der Waals surface area (Å²) in [6, 6.07) is 10.1. The number of carbonyl (C=O) groups excluding carboxylic acids is 2. The molecule has 1 amide bonds.